The summed E-state index contributed by atoms with van der Waals surface area (Å²) in [5.74, 6) is -0.141. The van der Waals surface area contributed by atoms with Gasteiger partial charge in [-0.25, -0.2) is 9.37 Å². The van der Waals surface area contributed by atoms with Crippen molar-refractivity contribution in [3.05, 3.63) is 92.9 Å². The van der Waals surface area contributed by atoms with Gasteiger partial charge in [-0.05, 0) is 80.0 Å². The van der Waals surface area contributed by atoms with Gasteiger partial charge in [-0.2, -0.15) is 0 Å². The molecule has 0 amide bonds. The van der Waals surface area contributed by atoms with E-state index in [1.165, 1.54) is 22.1 Å². The molecule has 3 heterocycles. The van der Waals surface area contributed by atoms with Gasteiger partial charge in [-0.1, -0.05) is 18.2 Å². The third-order valence-corrected chi connectivity index (χ3v) is 7.60. The number of nitrogens with zero attached hydrogens (tertiary/aromatic N) is 3. The molecule has 1 aliphatic rings. The summed E-state index contributed by atoms with van der Waals surface area (Å²) in [5.41, 5.74) is 3.24. The molecule has 1 atom stereocenters. The number of hydrogen-bond acceptors (Lipinski definition) is 5. The zero-order chi connectivity index (χ0) is 22.6. The van der Waals surface area contributed by atoms with Crippen LogP contribution in [0.3, 0.4) is 0 Å². The molecular weight excluding hydrogens is 435 g/mol. The van der Waals surface area contributed by atoms with Crippen LogP contribution in [0.1, 0.15) is 34.4 Å². The molecular formula is C26H27FN4OS. The number of pyridine rings is 1. The first-order chi connectivity index (χ1) is 16.2. The van der Waals surface area contributed by atoms with Crippen molar-refractivity contribution < 1.29 is 4.39 Å². The number of hydrogen-bond donors (Lipinski definition) is 1. The molecule has 0 saturated carbocycles. The molecule has 1 unspecified atom stereocenters. The van der Waals surface area contributed by atoms with Crippen LogP contribution in [0.2, 0.25) is 0 Å². The van der Waals surface area contributed by atoms with E-state index in [0.29, 0.717) is 19.0 Å². The molecule has 0 aliphatic heterocycles. The van der Waals surface area contributed by atoms with Crippen molar-refractivity contribution in [3.8, 4) is 0 Å². The van der Waals surface area contributed by atoms with Gasteiger partial charge in [0.05, 0.1) is 11.7 Å². The summed E-state index contributed by atoms with van der Waals surface area (Å²) in [4.78, 5) is 24.0. The van der Waals surface area contributed by atoms with E-state index >= 15 is 0 Å². The predicted octanol–water partition coefficient (Wildman–Crippen LogP) is 4.31. The Balaban J connectivity index is 1.23. The lowest BCUT2D eigenvalue weighted by atomic mass is 9.93. The summed E-state index contributed by atoms with van der Waals surface area (Å²) in [6.45, 7) is 1.41. The zero-order valence-corrected chi connectivity index (χ0v) is 19.3. The summed E-state index contributed by atoms with van der Waals surface area (Å²) in [5, 5.41) is 4.40. The van der Waals surface area contributed by atoms with Crippen molar-refractivity contribution in [1.82, 2.24) is 19.9 Å². The van der Waals surface area contributed by atoms with Gasteiger partial charge >= 0.3 is 0 Å². The van der Waals surface area contributed by atoms with E-state index in [9.17, 15) is 9.18 Å². The standard InChI is InChI=1S/C26H27FN4OS/c27-22-6-2-1-5-19(22)11-14-29-20-7-8-21-23(16-20)33-25-24(21)26(32)31(17-30-25)15-3-4-18-9-12-28-13-10-18/h1-2,5-6,9-10,12-13,17,20,29H,3-4,7-8,11,14-16H2. The summed E-state index contributed by atoms with van der Waals surface area (Å²) in [6.07, 6.45) is 10.5. The fourth-order valence-electron chi connectivity index (χ4n) is 4.65. The Morgan fingerprint density at radius 3 is 2.85 bits per heavy atom. The number of fused-ring (bicyclic) bond motifs is 3. The van der Waals surface area contributed by atoms with Gasteiger partial charge in [-0.3, -0.25) is 14.3 Å². The number of aromatic nitrogens is 3. The van der Waals surface area contributed by atoms with Gasteiger partial charge < -0.3 is 5.32 Å². The second-order valence-electron chi connectivity index (χ2n) is 8.62. The quantitative estimate of drug-likeness (QED) is 0.424. The Labute approximate surface area is 196 Å². The van der Waals surface area contributed by atoms with Crippen LogP contribution in [0, 0.1) is 5.82 Å². The minimum absolute atomic E-state index is 0.0817. The molecule has 0 spiro atoms. The lowest BCUT2D eigenvalue weighted by molar-refractivity contribution is 0.464. The molecule has 5 rings (SSSR count). The number of nitrogens with one attached hydrogen (secondary N) is 1. The minimum Gasteiger partial charge on any atom is -0.313 e. The van der Waals surface area contributed by atoms with Crippen molar-refractivity contribution in [2.45, 2.75) is 51.1 Å². The zero-order valence-electron chi connectivity index (χ0n) is 18.5. The highest BCUT2D eigenvalue weighted by molar-refractivity contribution is 7.18. The van der Waals surface area contributed by atoms with Crippen LogP contribution in [0.25, 0.3) is 10.2 Å². The maximum absolute atomic E-state index is 13.8. The van der Waals surface area contributed by atoms with Gasteiger partial charge in [0.1, 0.15) is 10.6 Å². The van der Waals surface area contributed by atoms with Crippen molar-refractivity contribution in [1.29, 1.82) is 0 Å². The van der Waals surface area contributed by atoms with E-state index < -0.39 is 0 Å². The average Bonchev–Trinajstić information content (AvgIpc) is 3.21. The maximum Gasteiger partial charge on any atom is 0.262 e. The maximum atomic E-state index is 13.8. The van der Waals surface area contributed by atoms with E-state index in [2.05, 4.69) is 15.3 Å². The van der Waals surface area contributed by atoms with Gasteiger partial charge in [0.15, 0.2) is 0 Å². The molecule has 4 aromatic rings. The lowest BCUT2D eigenvalue weighted by Crippen LogP contribution is -2.35. The first kappa shape index (κ1) is 21.9. The van der Waals surface area contributed by atoms with Crippen molar-refractivity contribution >= 4 is 21.6 Å². The second-order valence-corrected chi connectivity index (χ2v) is 9.70. The Morgan fingerprint density at radius 2 is 2.00 bits per heavy atom. The van der Waals surface area contributed by atoms with Crippen molar-refractivity contribution in [3.63, 3.8) is 0 Å². The van der Waals surface area contributed by atoms with E-state index in [1.807, 2.05) is 24.3 Å². The Morgan fingerprint density at radius 1 is 1.15 bits per heavy atom. The first-order valence-corrected chi connectivity index (χ1v) is 12.4. The Kier molecular flexibility index (Phi) is 6.60. The van der Waals surface area contributed by atoms with Crippen LogP contribution in [0.15, 0.2) is 59.9 Å². The fourth-order valence-corrected chi connectivity index (χ4v) is 5.91. The fraction of sp³-hybridized carbons (Fsp3) is 0.346. The van der Waals surface area contributed by atoms with Crippen LogP contribution in [-0.2, 0) is 32.2 Å². The van der Waals surface area contributed by atoms with E-state index in [1.54, 1.807) is 40.7 Å². The SMILES string of the molecule is O=c1c2c3c(sc2ncn1CCCc1ccncc1)CC(NCCc1ccccc1F)CC3. The number of rotatable bonds is 8. The molecule has 0 bridgehead atoms. The third-order valence-electron chi connectivity index (χ3n) is 6.43. The molecule has 170 valence electrons. The van der Waals surface area contributed by atoms with Crippen LogP contribution >= 0.6 is 11.3 Å². The molecule has 0 saturated heterocycles. The van der Waals surface area contributed by atoms with E-state index in [-0.39, 0.29) is 11.4 Å². The molecule has 3 aromatic heterocycles. The van der Waals surface area contributed by atoms with E-state index in [0.717, 1.165) is 54.4 Å². The largest absolute Gasteiger partial charge is 0.313 e. The van der Waals surface area contributed by atoms with Gasteiger partial charge in [0.25, 0.3) is 5.56 Å². The molecule has 7 heteroatoms. The smallest absolute Gasteiger partial charge is 0.262 e. The highest BCUT2D eigenvalue weighted by Crippen LogP contribution is 2.33. The predicted molar refractivity (Wildman–Crippen MR) is 130 cm³/mol. The molecule has 1 aliphatic carbocycles. The normalized spacial score (nSPS) is 15.6. The third kappa shape index (κ3) is 4.89. The van der Waals surface area contributed by atoms with Gasteiger partial charge in [0, 0.05) is 29.9 Å². The van der Waals surface area contributed by atoms with Crippen LogP contribution in [0.5, 0.6) is 0 Å². The number of halogens is 1. The molecule has 1 aromatic carbocycles. The highest BCUT2D eigenvalue weighted by Gasteiger charge is 2.25. The van der Waals surface area contributed by atoms with Crippen LogP contribution in [0.4, 0.5) is 4.39 Å². The average molecular weight is 463 g/mol. The Bertz CT molecular complexity index is 1300. The summed E-state index contributed by atoms with van der Waals surface area (Å²) in [7, 11) is 0. The Hall–Kier alpha value is -2.90. The number of aryl methyl sites for hydroxylation is 3. The van der Waals surface area contributed by atoms with Crippen molar-refractivity contribution in [2.24, 2.45) is 0 Å². The minimum atomic E-state index is -0.141. The topological polar surface area (TPSA) is 59.8 Å². The van der Waals surface area contributed by atoms with Crippen molar-refractivity contribution in [2.75, 3.05) is 6.54 Å². The summed E-state index contributed by atoms with van der Waals surface area (Å²) in [6, 6.07) is 11.3. The molecule has 33 heavy (non-hydrogen) atoms. The summed E-state index contributed by atoms with van der Waals surface area (Å²) >= 11 is 1.65. The number of thiophene rings is 1. The number of benzene rings is 1. The summed E-state index contributed by atoms with van der Waals surface area (Å²) < 4.78 is 15.6. The van der Waals surface area contributed by atoms with Gasteiger partial charge in [-0.15, -0.1) is 11.3 Å². The van der Waals surface area contributed by atoms with Crippen LogP contribution < -0.4 is 10.9 Å². The second kappa shape index (κ2) is 9.93. The lowest BCUT2D eigenvalue weighted by Gasteiger charge is -2.23. The molecule has 5 nitrogen and oxygen atoms in total. The molecule has 0 fully saturated rings. The van der Waals surface area contributed by atoms with Crippen LogP contribution in [-0.4, -0.2) is 27.1 Å². The first-order valence-electron chi connectivity index (χ1n) is 11.5. The van der Waals surface area contributed by atoms with Gasteiger partial charge in [0.2, 0.25) is 0 Å². The highest BCUT2D eigenvalue weighted by atomic mass is 32.1. The van der Waals surface area contributed by atoms with E-state index in [4.69, 9.17) is 0 Å². The monoisotopic (exact) mass is 462 g/mol. The molecule has 0 radical (unpaired) electrons. The molecule has 1 N–H and O–H groups in total.